The normalized spacial score (nSPS) is 11.5. The number of rotatable bonds is 5. The van der Waals surface area contributed by atoms with Gasteiger partial charge in [0.1, 0.15) is 0 Å². The molecule has 0 aliphatic heterocycles. The summed E-state index contributed by atoms with van der Waals surface area (Å²) in [6.45, 7) is 3.90. The van der Waals surface area contributed by atoms with Gasteiger partial charge in [-0.15, -0.1) is 0 Å². The lowest BCUT2D eigenvalue weighted by Crippen LogP contribution is -2.07. The molecule has 0 aliphatic rings. The summed E-state index contributed by atoms with van der Waals surface area (Å²) in [5, 5.41) is 5.92. The molecule has 24 heavy (non-hydrogen) atoms. The van der Waals surface area contributed by atoms with Crippen LogP contribution >= 0.6 is 0 Å². The second kappa shape index (κ2) is 7.38. The second-order valence-corrected chi connectivity index (χ2v) is 7.15. The molecule has 124 valence electrons. The molecule has 0 radical (unpaired) electrons. The average molecular weight is 341 g/mol. The van der Waals surface area contributed by atoms with Crippen LogP contribution in [0.2, 0.25) is 0 Å². The molecule has 2 N–H and O–H groups in total. The standard InChI is InChI=1S/C19H19NO3S/c1-14(2)10-16-11-15(8-9-24(20,22)23)12-18(13-16)19(21)17-6-4-3-5-7-17/h3-13H,1-2H3,(H2,20,22,23)/b9-8+. The Bertz CT molecular complexity index is 907. The van der Waals surface area contributed by atoms with E-state index in [1.165, 1.54) is 6.08 Å². The highest BCUT2D eigenvalue weighted by Gasteiger charge is 2.10. The summed E-state index contributed by atoms with van der Waals surface area (Å²) < 4.78 is 22.2. The van der Waals surface area contributed by atoms with Gasteiger partial charge in [-0.25, -0.2) is 13.6 Å². The van der Waals surface area contributed by atoms with Crippen LogP contribution in [0.15, 0.2) is 59.5 Å². The molecular formula is C19H19NO3S. The molecule has 0 aromatic heterocycles. The van der Waals surface area contributed by atoms with E-state index in [-0.39, 0.29) is 5.78 Å². The third-order valence-electron chi connectivity index (χ3n) is 3.18. The molecule has 0 bridgehead atoms. The summed E-state index contributed by atoms with van der Waals surface area (Å²) in [6, 6.07) is 14.2. The minimum absolute atomic E-state index is 0.120. The number of allylic oxidation sites excluding steroid dienone is 1. The van der Waals surface area contributed by atoms with Crippen LogP contribution in [0, 0.1) is 0 Å². The molecule has 5 heteroatoms. The summed E-state index contributed by atoms with van der Waals surface area (Å²) in [4.78, 5) is 12.6. The van der Waals surface area contributed by atoms with Crippen molar-refractivity contribution in [1.29, 1.82) is 0 Å². The third-order valence-corrected chi connectivity index (χ3v) is 3.70. The number of nitrogens with two attached hydrogens (primary N) is 1. The van der Waals surface area contributed by atoms with Gasteiger partial charge in [-0.2, -0.15) is 0 Å². The Balaban J connectivity index is 2.53. The van der Waals surface area contributed by atoms with E-state index >= 15 is 0 Å². The van der Waals surface area contributed by atoms with Crippen molar-refractivity contribution in [3.8, 4) is 0 Å². The summed E-state index contributed by atoms with van der Waals surface area (Å²) in [6.07, 6.45) is 3.31. The first kappa shape index (κ1) is 17.8. The van der Waals surface area contributed by atoms with Crippen LogP contribution < -0.4 is 5.14 Å². The molecular weight excluding hydrogens is 322 g/mol. The minimum atomic E-state index is -3.72. The van der Waals surface area contributed by atoms with Crippen LogP contribution in [0.25, 0.3) is 12.2 Å². The number of carbonyl (C=O) groups is 1. The molecule has 0 heterocycles. The Kier molecular flexibility index (Phi) is 5.49. The molecule has 0 unspecified atom stereocenters. The zero-order valence-corrected chi connectivity index (χ0v) is 14.4. The van der Waals surface area contributed by atoms with Crippen LogP contribution in [-0.2, 0) is 10.0 Å². The molecule has 0 atom stereocenters. The highest BCUT2D eigenvalue weighted by atomic mass is 32.2. The summed E-state index contributed by atoms with van der Waals surface area (Å²) in [7, 11) is -3.72. The second-order valence-electron chi connectivity index (χ2n) is 5.70. The first-order valence-electron chi connectivity index (χ1n) is 7.35. The number of hydrogen-bond donors (Lipinski definition) is 1. The fraction of sp³-hybridized carbons (Fsp3) is 0.105. The lowest BCUT2D eigenvalue weighted by Gasteiger charge is -2.06. The van der Waals surface area contributed by atoms with Crippen LogP contribution in [0.5, 0.6) is 0 Å². The number of benzene rings is 2. The number of sulfonamides is 1. The Morgan fingerprint density at radius 2 is 1.58 bits per heavy atom. The Morgan fingerprint density at radius 1 is 0.958 bits per heavy atom. The van der Waals surface area contributed by atoms with Crippen LogP contribution in [-0.4, -0.2) is 14.2 Å². The lowest BCUT2D eigenvalue weighted by atomic mass is 9.98. The first-order valence-corrected chi connectivity index (χ1v) is 8.96. The molecule has 0 saturated carbocycles. The molecule has 2 aromatic carbocycles. The Morgan fingerprint density at radius 3 is 2.17 bits per heavy atom. The molecule has 0 spiro atoms. The minimum Gasteiger partial charge on any atom is -0.289 e. The van der Waals surface area contributed by atoms with E-state index in [9.17, 15) is 13.2 Å². The van der Waals surface area contributed by atoms with Gasteiger partial charge in [0.15, 0.2) is 5.78 Å². The zero-order chi connectivity index (χ0) is 17.7. The van der Waals surface area contributed by atoms with E-state index in [4.69, 9.17) is 5.14 Å². The van der Waals surface area contributed by atoms with Crippen molar-refractivity contribution in [3.63, 3.8) is 0 Å². The SMILES string of the molecule is CC(C)=Cc1cc(/C=C/S(N)(=O)=O)cc(C(=O)c2ccccc2)c1. The maximum atomic E-state index is 12.6. The average Bonchev–Trinajstić information content (AvgIpc) is 2.51. The van der Waals surface area contributed by atoms with Crippen molar-refractivity contribution in [2.75, 3.05) is 0 Å². The van der Waals surface area contributed by atoms with Crippen molar-refractivity contribution in [1.82, 2.24) is 0 Å². The van der Waals surface area contributed by atoms with E-state index < -0.39 is 10.0 Å². The fourth-order valence-electron chi connectivity index (χ4n) is 2.25. The van der Waals surface area contributed by atoms with Gasteiger partial charge in [0.2, 0.25) is 10.0 Å². The zero-order valence-electron chi connectivity index (χ0n) is 13.6. The third kappa shape index (κ3) is 5.30. The van der Waals surface area contributed by atoms with Crippen LogP contribution in [0.1, 0.15) is 40.9 Å². The maximum Gasteiger partial charge on any atom is 0.231 e. The van der Waals surface area contributed by atoms with Crippen molar-refractivity contribution >= 4 is 28.0 Å². The molecule has 0 amide bonds. The van der Waals surface area contributed by atoms with Gasteiger partial charge >= 0.3 is 0 Å². The van der Waals surface area contributed by atoms with E-state index in [1.54, 1.807) is 42.5 Å². The lowest BCUT2D eigenvalue weighted by molar-refractivity contribution is 0.103. The van der Waals surface area contributed by atoms with Gasteiger partial charge in [-0.1, -0.05) is 42.0 Å². The van der Waals surface area contributed by atoms with Gasteiger partial charge in [-0.05, 0) is 49.2 Å². The summed E-state index contributed by atoms with van der Waals surface area (Å²) >= 11 is 0. The Hall–Kier alpha value is -2.50. The smallest absolute Gasteiger partial charge is 0.231 e. The quantitative estimate of drug-likeness (QED) is 0.844. The van der Waals surface area contributed by atoms with E-state index in [0.29, 0.717) is 16.7 Å². The van der Waals surface area contributed by atoms with Gasteiger partial charge in [0.25, 0.3) is 0 Å². The Labute approximate surface area is 142 Å². The topological polar surface area (TPSA) is 77.2 Å². The van der Waals surface area contributed by atoms with Crippen LogP contribution in [0.4, 0.5) is 0 Å². The van der Waals surface area contributed by atoms with E-state index in [0.717, 1.165) is 16.5 Å². The number of carbonyl (C=O) groups excluding carboxylic acids is 1. The van der Waals surface area contributed by atoms with Crippen molar-refractivity contribution < 1.29 is 13.2 Å². The fourth-order valence-corrected chi connectivity index (χ4v) is 2.60. The van der Waals surface area contributed by atoms with Crippen molar-refractivity contribution in [2.24, 2.45) is 5.14 Å². The van der Waals surface area contributed by atoms with E-state index in [2.05, 4.69) is 0 Å². The molecule has 4 nitrogen and oxygen atoms in total. The van der Waals surface area contributed by atoms with E-state index in [1.807, 2.05) is 26.0 Å². The molecule has 2 rings (SSSR count). The molecule has 0 saturated heterocycles. The highest BCUT2D eigenvalue weighted by Crippen LogP contribution is 2.18. The number of ketones is 1. The largest absolute Gasteiger partial charge is 0.289 e. The van der Waals surface area contributed by atoms with Crippen LogP contribution in [0.3, 0.4) is 0 Å². The first-order chi connectivity index (χ1) is 11.2. The summed E-state index contributed by atoms with van der Waals surface area (Å²) in [5.41, 5.74) is 3.56. The molecule has 2 aromatic rings. The maximum absolute atomic E-state index is 12.6. The van der Waals surface area contributed by atoms with Gasteiger partial charge in [0.05, 0.1) is 0 Å². The monoisotopic (exact) mass is 341 g/mol. The van der Waals surface area contributed by atoms with Gasteiger partial charge in [0, 0.05) is 16.5 Å². The van der Waals surface area contributed by atoms with Crippen molar-refractivity contribution in [3.05, 3.63) is 81.8 Å². The number of primary sulfonamides is 1. The summed E-state index contributed by atoms with van der Waals surface area (Å²) in [5.74, 6) is -0.120. The van der Waals surface area contributed by atoms with Crippen molar-refractivity contribution in [2.45, 2.75) is 13.8 Å². The number of hydrogen-bond acceptors (Lipinski definition) is 3. The van der Waals surface area contributed by atoms with Gasteiger partial charge < -0.3 is 0 Å². The van der Waals surface area contributed by atoms with Gasteiger partial charge in [-0.3, -0.25) is 4.79 Å². The molecule has 0 aliphatic carbocycles. The predicted octanol–water partition coefficient (Wildman–Crippen LogP) is 3.60. The predicted molar refractivity (Wildman–Crippen MR) is 97.8 cm³/mol. The highest BCUT2D eigenvalue weighted by molar-refractivity contribution is 7.92. The molecule has 0 fully saturated rings.